The van der Waals surface area contributed by atoms with Gasteiger partial charge in [0.2, 0.25) is 0 Å². The van der Waals surface area contributed by atoms with Crippen molar-refractivity contribution in [2.75, 3.05) is 6.54 Å². The molecular formula is C12H21N. The van der Waals surface area contributed by atoms with Gasteiger partial charge in [0.05, 0.1) is 0 Å². The first-order valence-electron chi connectivity index (χ1n) is 5.22. The minimum absolute atomic E-state index is 0.504. The topological polar surface area (TPSA) is 12.0 Å². The molecule has 0 bridgehead atoms. The van der Waals surface area contributed by atoms with E-state index < -0.39 is 0 Å². The maximum absolute atomic E-state index is 3.88. The maximum atomic E-state index is 3.88. The molecule has 13 heavy (non-hydrogen) atoms. The van der Waals surface area contributed by atoms with Crippen LogP contribution in [0.2, 0.25) is 0 Å². The molecule has 0 aromatic heterocycles. The lowest BCUT2D eigenvalue weighted by atomic mass is 9.83. The molecule has 0 aromatic rings. The summed E-state index contributed by atoms with van der Waals surface area (Å²) in [5.41, 5.74) is 2.95. The molecule has 0 heterocycles. The molecule has 2 fully saturated rings. The second-order valence-corrected chi connectivity index (χ2v) is 6.10. The van der Waals surface area contributed by atoms with E-state index in [0.717, 1.165) is 12.2 Å². The molecule has 2 aliphatic rings. The predicted molar refractivity (Wildman–Crippen MR) is 56.4 cm³/mol. The Kier molecular flexibility index (Phi) is 1.49. The van der Waals surface area contributed by atoms with Crippen LogP contribution in [0.4, 0.5) is 0 Å². The Morgan fingerprint density at radius 3 is 2.23 bits per heavy atom. The van der Waals surface area contributed by atoms with Gasteiger partial charge in [0.15, 0.2) is 0 Å². The average molecular weight is 179 g/mol. The molecule has 1 N–H and O–H groups in total. The van der Waals surface area contributed by atoms with Gasteiger partial charge in [-0.25, -0.2) is 0 Å². The predicted octanol–water partition coefficient (Wildman–Crippen LogP) is 2.94. The van der Waals surface area contributed by atoms with Gasteiger partial charge in [-0.15, -0.1) is 0 Å². The maximum Gasteiger partial charge on any atom is 0.0206 e. The monoisotopic (exact) mass is 179 g/mol. The van der Waals surface area contributed by atoms with Crippen molar-refractivity contribution in [3.8, 4) is 0 Å². The van der Waals surface area contributed by atoms with Gasteiger partial charge in [-0.2, -0.15) is 0 Å². The summed E-state index contributed by atoms with van der Waals surface area (Å²) in [6.07, 6.45) is 2.87. The third-order valence-electron chi connectivity index (χ3n) is 4.21. The van der Waals surface area contributed by atoms with Crippen molar-refractivity contribution in [3.05, 3.63) is 12.3 Å². The second kappa shape index (κ2) is 2.13. The summed E-state index contributed by atoms with van der Waals surface area (Å²) in [6, 6.07) is 0. The molecule has 0 atom stereocenters. The summed E-state index contributed by atoms with van der Waals surface area (Å²) < 4.78 is 0. The highest BCUT2D eigenvalue weighted by atomic mass is 15.0. The molecule has 0 amide bonds. The number of rotatable bonds is 3. The van der Waals surface area contributed by atoms with Crippen LogP contribution in [-0.4, -0.2) is 6.54 Å². The van der Waals surface area contributed by atoms with Crippen molar-refractivity contribution >= 4 is 0 Å². The standard InChI is InChI=1S/C12H21N/c1-9(2)13-8-11-6-12(11,7-11)10(3,4)5/h13H,1,6-8H2,2-5H3. The first kappa shape index (κ1) is 9.11. The summed E-state index contributed by atoms with van der Waals surface area (Å²) in [7, 11) is 0. The van der Waals surface area contributed by atoms with Crippen LogP contribution in [0.15, 0.2) is 12.3 Å². The van der Waals surface area contributed by atoms with E-state index in [0.29, 0.717) is 16.2 Å². The van der Waals surface area contributed by atoms with E-state index >= 15 is 0 Å². The van der Waals surface area contributed by atoms with Gasteiger partial charge < -0.3 is 5.32 Å². The van der Waals surface area contributed by atoms with E-state index in [9.17, 15) is 0 Å². The van der Waals surface area contributed by atoms with Crippen LogP contribution in [-0.2, 0) is 0 Å². The largest absolute Gasteiger partial charge is 0.388 e. The van der Waals surface area contributed by atoms with Crippen molar-refractivity contribution in [1.82, 2.24) is 5.32 Å². The first-order chi connectivity index (χ1) is 5.83. The minimum Gasteiger partial charge on any atom is -0.388 e. The van der Waals surface area contributed by atoms with Crippen molar-refractivity contribution in [3.63, 3.8) is 0 Å². The van der Waals surface area contributed by atoms with Crippen molar-refractivity contribution in [2.24, 2.45) is 16.2 Å². The lowest BCUT2D eigenvalue weighted by molar-refractivity contribution is 0.280. The highest BCUT2D eigenvalue weighted by molar-refractivity contribution is 5.35. The quantitative estimate of drug-likeness (QED) is 0.702. The van der Waals surface area contributed by atoms with E-state index in [2.05, 4.69) is 32.7 Å². The van der Waals surface area contributed by atoms with E-state index in [1.807, 2.05) is 6.92 Å². The van der Waals surface area contributed by atoms with Gasteiger partial charge in [0.25, 0.3) is 0 Å². The number of fused-ring (bicyclic) bond motifs is 1. The van der Waals surface area contributed by atoms with Crippen molar-refractivity contribution < 1.29 is 0 Å². The Morgan fingerprint density at radius 1 is 1.38 bits per heavy atom. The fourth-order valence-electron chi connectivity index (χ4n) is 2.96. The molecular weight excluding hydrogens is 158 g/mol. The van der Waals surface area contributed by atoms with Crippen LogP contribution >= 0.6 is 0 Å². The molecule has 1 nitrogen and oxygen atoms in total. The summed E-state index contributed by atoms with van der Waals surface area (Å²) in [5.74, 6) is 0. The number of hydrogen-bond donors (Lipinski definition) is 1. The molecule has 0 radical (unpaired) electrons. The van der Waals surface area contributed by atoms with E-state index in [1.165, 1.54) is 12.8 Å². The molecule has 0 spiro atoms. The normalized spacial score (nSPS) is 40.9. The zero-order valence-corrected chi connectivity index (χ0v) is 9.33. The van der Waals surface area contributed by atoms with Crippen molar-refractivity contribution in [1.29, 1.82) is 0 Å². The van der Waals surface area contributed by atoms with Crippen LogP contribution in [0.5, 0.6) is 0 Å². The zero-order chi connectivity index (χ0) is 9.91. The van der Waals surface area contributed by atoms with Gasteiger partial charge in [-0.1, -0.05) is 27.4 Å². The van der Waals surface area contributed by atoms with Gasteiger partial charge in [-0.3, -0.25) is 0 Å². The first-order valence-corrected chi connectivity index (χ1v) is 5.22. The van der Waals surface area contributed by atoms with Crippen LogP contribution in [0, 0.1) is 16.2 Å². The third kappa shape index (κ3) is 1.06. The molecule has 2 saturated carbocycles. The van der Waals surface area contributed by atoms with Gasteiger partial charge in [0.1, 0.15) is 0 Å². The molecule has 0 saturated heterocycles. The van der Waals surface area contributed by atoms with E-state index in [-0.39, 0.29) is 0 Å². The lowest BCUT2D eigenvalue weighted by Gasteiger charge is -2.21. The summed E-state index contributed by atoms with van der Waals surface area (Å²) >= 11 is 0. The Labute approximate surface area is 81.6 Å². The van der Waals surface area contributed by atoms with Crippen molar-refractivity contribution in [2.45, 2.75) is 40.5 Å². The fraction of sp³-hybridized carbons (Fsp3) is 0.833. The fourth-order valence-corrected chi connectivity index (χ4v) is 2.96. The van der Waals surface area contributed by atoms with Gasteiger partial charge in [0, 0.05) is 12.2 Å². The summed E-state index contributed by atoms with van der Waals surface area (Å²) in [5, 5.41) is 3.39. The number of hydrogen-bond acceptors (Lipinski definition) is 1. The minimum atomic E-state index is 0.504. The Balaban J connectivity index is 1.91. The van der Waals surface area contributed by atoms with Gasteiger partial charge in [-0.05, 0) is 36.0 Å². The van der Waals surface area contributed by atoms with Crippen LogP contribution in [0.25, 0.3) is 0 Å². The highest BCUT2D eigenvalue weighted by Crippen LogP contribution is 2.91. The lowest BCUT2D eigenvalue weighted by Crippen LogP contribution is -2.17. The SMILES string of the molecule is C=C(C)NCC12CC1(C(C)(C)C)C2. The molecule has 1 heteroatoms. The molecule has 0 aliphatic heterocycles. The summed E-state index contributed by atoms with van der Waals surface area (Å²) in [6.45, 7) is 14.2. The number of allylic oxidation sites excluding steroid dienone is 1. The molecule has 0 unspecified atom stereocenters. The third-order valence-corrected chi connectivity index (χ3v) is 4.21. The Bertz CT molecular complexity index is 251. The molecule has 74 valence electrons. The zero-order valence-electron chi connectivity index (χ0n) is 9.33. The number of nitrogens with one attached hydrogen (secondary N) is 1. The highest BCUT2D eigenvalue weighted by Gasteiger charge is 2.85. The van der Waals surface area contributed by atoms with Crippen LogP contribution in [0.3, 0.4) is 0 Å². The second-order valence-electron chi connectivity index (χ2n) is 6.10. The molecule has 2 aliphatic carbocycles. The molecule has 0 aromatic carbocycles. The van der Waals surface area contributed by atoms with E-state index in [1.54, 1.807) is 0 Å². The van der Waals surface area contributed by atoms with Crippen LogP contribution < -0.4 is 5.32 Å². The van der Waals surface area contributed by atoms with Crippen LogP contribution in [0.1, 0.15) is 40.5 Å². The molecule has 2 rings (SSSR count). The Morgan fingerprint density at radius 2 is 1.92 bits per heavy atom. The Hall–Kier alpha value is -0.460. The smallest absolute Gasteiger partial charge is 0.0206 e. The van der Waals surface area contributed by atoms with Gasteiger partial charge >= 0.3 is 0 Å². The summed E-state index contributed by atoms with van der Waals surface area (Å²) in [4.78, 5) is 0. The van der Waals surface area contributed by atoms with E-state index in [4.69, 9.17) is 0 Å². The average Bonchev–Trinajstić information content (AvgIpc) is 2.63.